The fourth-order valence-corrected chi connectivity index (χ4v) is 3.35. The molecule has 0 saturated heterocycles. The van der Waals surface area contributed by atoms with Gasteiger partial charge in [-0.25, -0.2) is 4.98 Å². The number of anilines is 1. The Morgan fingerprint density at radius 2 is 1.77 bits per heavy atom. The van der Waals surface area contributed by atoms with Gasteiger partial charge in [0.1, 0.15) is 6.33 Å². The number of imidazole rings is 1. The van der Waals surface area contributed by atoms with Crippen LogP contribution in [0.5, 0.6) is 0 Å². The van der Waals surface area contributed by atoms with Crippen LogP contribution >= 0.6 is 11.6 Å². The van der Waals surface area contributed by atoms with Gasteiger partial charge in [0.05, 0.1) is 0 Å². The van der Waals surface area contributed by atoms with Gasteiger partial charge < -0.3 is 5.32 Å². The number of rotatable bonds is 7. The van der Waals surface area contributed by atoms with Crippen LogP contribution in [-0.4, -0.2) is 49.6 Å². The van der Waals surface area contributed by atoms with Crippen molar-refractivity contribution >= 4 is 28.6 Å². The van der Waals surface area contributed by atoms with Crippen LogP contribution in [0.3, 0.4) is 0 Å². The average molecular weight is 373 g/mol. The zero-order valence-corrected chi connectivity index (χ0v) is 16.4. The summed E-state index contributed by atoms with van der Waals surface area (Å²) < 4.78 is 1.92. The quantitative estimate of drug-likeness (QED) is 0.635. The molecule has 0 aliphatic heterocycles. The summed E-state index contributed by atoms with van der Waals surface area (Å²) in [7, 11) is 0. The minimum absolute atomic E-state index is 0.210. The SMILES string of the molecule is CC(C)N(CCNc1nc(Cl)nc2c1ncn2-c1ccccc1)C(C)C. The smallest absolute Gasteiger partial charge is 0.226 e. The molecular formula is C19H25ClN6. The van der Waals surface area contributed by atoms with Gasteiger partial charge in [0.2, 0.25) is 5.28 Å². The summed E-state index contributed by atoms with van der Waals surface area (Å²) in [6, 6.07) is 10.9. The van der Waals surface area contributed by atoms with Gasteiger partial charge in [0.25, 0.3) is 0 Å². The number of hydrogen-bond donors (Lipinski definition) is 1. The summed E-state index contributed by atoms with van der Waals surface area (Å²) >= 11 is 6.17. The van der Waals surface area contributed by atoms with Crippen molar-refractivity contribution in [2.24, 2.45) is 0 Å². The third-order valence-corrected chi connectivity index (χ3v) is 4.56. The summed E-state index contributed by atoms with van der Waals surface area (Å²) in [6.45, 7) is 10.5. The topological polar surface area (TPSA) is 58.9 Å². The lowest BCUT2D eigenvalue weighted by Gasteiger charge is -2.30. The molecular weight excluding hydrogens is 348 g/mol. The maximum atomic E-state index is 6.17. The normalized spacial score (nSPS) is 11.8. The minimum Gasteiger partial charge on any atom is -0.367 e. The first-order valence-corrected chi connectivity index (χ1v) is 9.30. The van der Waals surface area contributed by atoms with Crippen molar-refractivity contribution in [3.05, 3.63) is 41.9 Å². The van der Waals surface area contributed by atoms with Crippen LogP contribution in [0.2, 0.25) is 5.28 Å². The van der Waals surface area contributed by atoms with Gasteiger partial charge in [-0.2, -0.15) is 9.97 Å². The van der Waals surface area contributed by atoms with Crippen molar-refractivity contribution in [2.45, 2.75) is 39.8 Å². The molecule has 2 heterocycles. The van der Waals surface area contributed by atoms with E-state index >= 15 is 0 Å². The molecule has 26 heavy (non-hydrogen) atoms. The molecule has 0 spiro atoms. The predicted octanol–water partition coefficient (Wildman–Crippen LogP) is 4.00. The lowest BCUT2D eigenvalue weighted by Crippen LogP contribution is -2.40. The van der Waals surface area contributed by atoms with Gasteiger partial charge in [-0.05, 0) is 51.4 Å². The number of hydrogen-bond acceptors (Lipinski definition) is 5. The molecule has 0 bridgehead atoms. The van der Waals surface area contributed by atoms with E-state index in [-0.39, 0.29) is 5.28 Å². The average Bonchev–Trinajstić information content (AvgIpc) is 3.02. The molecule has 0 saturated carbocycles. The molecule has 6 nitrogen and oxygen atoms in total. The lowest BCUT2D eigenvalue weighted by atomic mass is 10.2. The van der Waals surface area contributed by atoms with Gasteiger partial charge in [-0.15, -0.1) is 0 Å². The number of fused-ring (bicyclic) bond motifs is 1. The number of halogens is 1. The van der Waals surface area contributed by atoms with E-state index in [1.54, 1.807) is 6.33 Å². The molecule has 1 aromatic carbocycles. The summed E-state index contributed by atoms with van der Waals surface area (Å²) in [6.07, 6.45) is 1.75. The van der Waals surface area contributed by atoms with Crippen molar-refractivity contribution < 1.29 is 0 Å². The first kappa shape index (κ1) is 18.6. The van der Waals surface area contributed by atoms with E-state index in [0.29, 0.717) is 23.5 Å². The number of para-hydroxylation sites is 1. The van der Waals surface area contributed by atoms with E-state index < -0.39 is 0 Å². The Bertz CT molecular complexity index is 851. The van der Waals surface area contributed by atoms with Crippen LogP contribution in [0.1, 0.15) is 27.7 Å². The van der Waals surface area contributed by atoms with E-state index in [1.165, 1.54) is 0 Å². The second kappa shape index (κ2) is 8.01. The standard InChI is InChI=1S/C19H25ClN6/c1-13(2)25(14(3)4)11-10-21-17-16-18(24-19(20)23-17)26(12-22-16)15-8-6-5-7-9-15/h5-9,12-14H,10-11H2,1-4H3,(H,21,23,24). The first-order chi connectivity index (χ1) is 12.5. The largest absolute Gasteiger partial charge is 0.367 e. The van der Waals surface area contributed by atoms with E-state index in [9.17, 15) is 0 Å². The predicted molar refractivity (Wildman–Crippen MR) is 107 cm³/mol. The number of benzene rings is 1. The minimum atomic E-state index is 0.210. The van der Waals surface area contributed by atoms with Crippen molar-refractivity contribution in [3.63, 3.8) is 0 Å². The van der Waals surface area contributed by atoms with E-state index in [4.69, 9.17) is 11.6 Å². The Morgan fingerprint density at radius 3 is 2.42 bits per heavy atom. The van der Waals surface area contributed by atoms with Gasteiger partial charge in [0, 0.05) is 30.9 Å². The third-order valence-electron chi connectivity index (χ3n) is 4.39. The molecule has 0 aliphatic carbocycles. The van der Waals surface area contributed by atoms with Crippen molar-refractivity contribution in [1.29, 1.82) is 0 Å². The van der Waals surface area contributed by atoms with E-state index in [1.807, 2.05) is 34.9 Å². The highest BCUT2D eigenvalue weighted by Crippen LogP contribution is 2.23. The highest BCUT2D eigenvalue weighted by molar-refractivity contribution is 6.28. The Morgan fingerprint density at radius 1 is 1.08 bits per heavy atom. The molecule has 2 aromatic heterocycles. The van der Waals surface area contributed by atoms with E-state index in [0.717, 1.165) is 24.3 Å². The summed E-state index contributed by atoms with van der Waals surface area (Å²) in [5.74, 6) is 0.669. The maximum absolute atomic E-state index is 6.17. The number of nitrogens with one attached hydrogen (secondary N) is 1. The van der Waals surface area contributed by atoms with Gasteiger partial charge >= 0.3 is 0 Å². The lowest BCUT2D eigenvalue weighted by molar-refractivity contribution is 0.182. The van der Waals surface area contributed by atoms with Crippen LogP contribution < -0.4 is 5.32 Å². The molecule has 0 radical (unpaired) electrons. The molecule has 3 aromatic rings. The Balaban J connectivity index is 1.84. The molecule has 138 valence electrons. The fourth-order valence-electron chi connectivity index (χ4n) is 3.19. The zero-order valence-electron chi connectivity index (χ0n) is 15.6. The van der Waals surface area contributed by atoms with Crippen molar-refractivity contribution in [2.75, 3.05) is 18.4 Å². The zero-order chi connectivity index (χ0) is 18.7. The highest BCUT2D eigenvalue weighted by Gasteiger charge is 2.15. The molecule has 1 N–H and O–H groups in total. The highest BCUT2D eigenvalue weighted by atomic mass is 35.5. The maximum Gasteiger partial charge on any atom is 0.226 e. The summed E-state index contributed by atoms with van der Waals surface area (Å²) in [4.78, 5) is 15.7. The van der Waals surface area contributed by atoms with Crippen LogP contribution in [0.25, 0.3) is 16.9 Å². The van der Waals surface area contributed by atoms with Gasteiger partial charge in [-0.3, -0.25) is 9.47 Å². The molecule has 7 heteroatoms. The number of aromatic nitrogens is 4. The number of nitrogens with zero attached hydrogens (tertiary/aromatic N) is 5. The Labute approximate surface area is 159 Å². The van der Waals surface area contributed by atoms with Crippen LogP contribution in [0, 0.1) is 0 Å². The molecule has 3 rings (SSSR count). The third kappa shape index (κ3) is 3.97. The fraction of sp³-hybridized carbons (Fsp3) is 0.421. The monoisotopic (exact) mass is 372 g/mol. The van der Waals surface area contributed by atoms with Gasteiger partial charge in [-0.1, -0.05) is 18.2 Å². The summed E-state index contributed by atoms with van der Waals surface area (Å²) in [5.41, 5.74) is 2.41. The molecule has 0 amide bonds. The Hall–Kier alpha value is -2.18. The Kier molecular flexibility index (Phi) is 5.74. The van der Waals surface area contributed by atoms with Crippen molar-refractivity contribution in [3.8, 4) is 5.69 Å². The summed E-state index contributed by atoms with van der Waals surface area (Å²) in [5, 5.41) is 3.59. The van der Waals surface area contributed by atoms with E-state index in [2.05, 4.69) is 52.9 Å². The molecule has 0 unspecified atom stereocenters. The second-order valence-electron chi connectivity index (χ2n) is 6.82. The molecule has 0 aliphatic rings. The van der Waals surface area contributed by atoms with Crippen LogP contribution in [0.4, 0.5) is 5.82 Å². The second-order valence-corrected chi connectivity index (χ2v) is 7.15. The molecule has 0 atom stereocenters. The van der Waals surface area contributed by atoms with Crippen LogP contribution in [-0.2, 0) is 0 Å². The van der Waals surface area contributed by atoms with Gasteiger partial charge in [0.15, 0.2) is 17.0 Å². The molecule has 0 fully saturated rings. The van der Waals surface area contributed by atoms with Crippen molar-refractivity contribution in [1.82, 2.24) is 24.4 Å². The first-order valence-electron chi connectivity index (χ1n) is 8.93. The van der Waals surface area contributed by atoms with Crippen LogP contribution in [0.15, 0.2) is 36.7 Å².